The minimum absolute atomic E-state index is 0.0125. The highest BCUT2D eigenvalue weighted by atomic mass is 16.7. The summed E-state index contributed by atoms with van der Waals surface area (Å²) in [5.74, 6) is -1.75. The Labute approximate surface area is 232 Å². The van der Waals surface area contributed by atoms with Crippen molar-refractivity contribution in [3.63, 3.8) is 0 Å². The van der Waals surface area contributed by atoms with Crippen molar-refractivity contribution in [1.29, 1.82) is 0 Å². The Bertz CT molecular complexity index is 1290. The van der Waals surface area contributed by atoms with Crippen LogP contribution in [0.3, 0.4) is 0 Å². The van der Waals surface area contributed by atoms with Crippen molar-refractivity contribution in [2.24, 2.45) is 0 Å². The highest BCUT2D eigenvalue weighted by Gasteiger charge is 2.31. The Morgan fingerprint density at radius 1 is 1.10 bits per heavy atom. The van der Waals surface area contributed by atoms with E-state index in [-0.39, 0.29) is 54.6 Å². The second-order valence-corrected chi connectivity index (χ2v) is 10.0. The first kappa shape index (κ1) is 28.9. The van der Waals surface area contributed by atoms with Crippen molar-refractivity contribution in [1.82, 2.24) is 5.32 Å². The zero-order valence-corrected chi connectivity index (χ0v) is 22.5. The minimum Gasteiger partial charge on any atom is -0.507 e. The fourth-order valence-corrected chi connectivity index (χ4v) is 4.99. The number of cyclic esters (lactones) is 1. The fourth-order valence-electron chi connectivity index (χ4n) is 4.99. The Kier molecular flexibility index (Phi) is 9.65. The maximum absolute atomic E-state index is 13.4. The first-order valence-corrected chi connectivity index (χ1v) is 13.5. The van der Waals surface area contributed by atoms with Gasteiger partial charge in [-0.05, 0) is 61.9 Å². The lowest BCUT2D eigenvalue weighted by Crippen LogP contribution is -2.28. The topological polar surface area (TPSA) is 152 Å². The highest BCUT2D eigenvalue weighted by molar-refractivity contribution is 5.98. The van der Waals surface area contributed by atoms with Crippen LogP contribution in [0.2, 0.25) is 0 Å². The molecule has 4 N–H and O–H groups in total. The molecule has 0 saturated carbocycles. The third-order valence-electron chi connectivity index (χ3n) is 7.02. The highest BCUT2D eigenvalue weighted by Crippen LogP contribution is 2.46. The van der Waals surface area contributed by atoms with Crippen molar-refractivity contribution >= 4 is 23.7 Å². The Hall–Kier alpha value is -4.05. The largest absolute Gasteiger partial charge is 0.507 e. The van der Waals surface area contributed by atoms with Crippen molar-refractivity contribution in [2.45, 2.75) is 63.9 Å². The molecule has 0 saturated heterocycles. The smallest absolute Gasteiger partial charge is 0.342 e. The molecule has 0 fully saturated rings. The fraction of sp³-hybridized carbons (Fsp3) is 0.433. The number of carbonyl (C=O) groups excluding carboxylic acids is 3. The van der Waals surface area contributed by atoms with E-state index in [1.54, 1.807) is 37.3 Å². The summed E-state index contributed by atoms with van der Waals surface area (Å²) in [6, 6.07) is 6.41. The number of ketones is 1. The van der Waals surface area contributed by atoms with Crippen LogP contribution in [0.15, 0.2) is 30.3 Å². The molecule has 2 aromatic rings. The van der Waals surface area contributed by atoms with Crippen LogP contribution in [0, 0.1) is 0 Å². The van der Waals surface area contributed by atoms with Gasteiger partial charge in [0.05, 0.1) is 12.7 Å². The molecule has 0 bridgehead atoms. The van der Waals surface area contributed by atoms with E-state index in [1.165, 1.54) is 6.07 Å². The number of rotatable bonds is 6. The zero-order chi connectivity index (χ0) is 28.6. The molecule has 10 nitrogen and oxygen atoms in total. The standard InChI is InChI=1S/C30H35NO9/c1-18-6-5-9-21(33)8-4-2-3-7-20-14-23(34)28(29(36)27(20)30(37)40-18)22(16-26(35)31-12-13-32)19-10-11-24-25(15-19)39-17-38-24/h3,7,10-11,14-15,18,22,32,34,36H,2,4-6,8-9,12-13,16-17H2,1H3,(H,31,35)/b7-3+/t18-,22?/m0/s1. The number of hydrogen-bond donors (Lipinski definition) is 4. The number of nitrogens with one attached hydrogen (secondary N) is 1. The van der Waals surface area contributed by atoms with Gasteiger partial charge in [0, 0.05) is 37.3 Å². The van der Waals surface area contributed by atoms with Crippen molar-refractivity contribution in [3.8, 4) is 23.0 Å². The van der Waals surface area contributed by atoms with Gasteiger partial charge in [-0.3, -0.25) is 9.59 Å². The molecular weight excluding hydrogens is 518 g/mol. The van der Waals surface area contributed by atoms with Crippen molar-refractivity contribution < 1.29 is 43.9 Å². The Balaban J connectivity index is 1.80. The predicted octanol–water partition coefficient (Wildman–Crippen LogP) is 3.94. The van der Waals surface area contributed by atoms with Gasteiger partial charge < -0.3 is 34.8 Å². The number of allylic oxidation sites excluding steroid dienone is 1. The number of aromatic hydroxyl groups is 2. The molecular formula is C30H35NO9. The quantitative estimate of drug-likeness (QED) is 0.390. The van der Waals surface area contributed by atoms with Gasteiger partial charge >= 0.3 is 5.97 Å². The molecule has 4 rings (SSSR count). The summed E-state index contributed by atoms with van der Waals surface area (Å²) < 4.78 is 16.5. The maximum atomic E-state index is 13.4. The van der Waals surface area contributed by atoms with Crippen LogP contribution in [0.5, 0.6) is 23.0 Å². The maximum Gasteiger partial charge on any atom is 0.342 e. The number of phenols is 2. The first-order chi connectivity index (χ1) is 19.3. The van der Waals surface area contributed by atoms with Gasteiger partial charge in [-0.1, -0.05) is 18.2 Å². The number of carbonyl (C=O) groups is 3. The van der Waals surface area contributed by atoms with E-state index in [1.807, 2.05) is 0 Å². The van der Waals surface area contributed by atoms with Gasteiger partial charge in [-0.25, -0.2) is 4.79 Å². The molecule has 2 aliphatic heterocycles. The number of ether oxygens (including phenoxy) is 3. The number of esters is 1. The van der Waals surface area contributed by atoms with Gasteiger partial charge in [0.25, 0.3) is 0 Å². The van der Waals surface area contributed by atoms with E-state index in [4.69, 9.17) is 19.3 Å². The molecule has 0 spiro atoms. The van der Waals surface area contributed by atoms with Crippen LogP contribution in [0.1, 0.15) is 84.8 Å². The average Bonchev–Trinajstić information content (AvgIpc) is 3.38. The third kappa shape index (κ3) is 6.93. The van der Waals surface area contributed by atoms with Gasteiger partial charge in [0.15, 0.2) is 11.5 Å². The third-order valence-corrected chi connectivity index (χ3v) is 7.02. The second-order valence-electron chi connectivity index (χ2n) is 10.0. The van der Waals surface area contributed by atoms with Crippen LogP contribution in [-0.2, 0) is 14.3 Å². The summed E-state index contributed by atoms with van der Waals surface area (Å²) >= 11 is 0. The summed E-state index contributed by atoms with van der Waals surface area (Å²) in [7, 11) is 0. The molecule has 0 radical (unpaired) electrons. The van der Waals surface area contributed by atoms with Crippen LogP contribution in [-0.4, -0.2) is 59.0 Å². The van der Waals surface area contributed by atoms with Crippen molar-refractivity contribution in [3.05, 3.63) is 52.6 Å². The number of benzene rings is 2. The van der Waals surface area contributed by atoms with E-state index in [9.17, 15) is 24.6 Å². The predicted molar refractivity (Wildman–Crippen MR) is 146 cm³/mol. The number of amides is 1. The average molecular weight is 554 g/mol. The number of Topliss-reactive ketones (excluding diaryl/α,β-unsaturated/α-hetero) is 1. The van der Waals surface area contributed by atoms with Gasteiger partial charge in [0.2, 0.25) is 12.7 Å². The molecule has 10 heteroatoms. The number of hydrogen-bond acceptors (Lipinski definition) is 9. The normalized spacial score (nSPS) is 19.2. The molecule has 2 aromatic carbocycles. The van der Waals surface area contributed by atoms with Crippen LogP contribution in [0.25, 0.3) is 6.08 Å². The minimum atomic E-state index is -0.883. The summed E-state index contributed by atoms with van der Waals surface area (Å²) in [5.41, 5.74) is 0.664. The molecule has 2 heterocycles. The first-order valence-electron chi connectivity index (χ1n) is 13.5. The molecule has 0 aromatic heterocycles. The molecule has 2 aliphatic rings. The Morgan fingerprint density at radius 2 is 1.88 bits per heavy atom. The molecule has 1 unspecified atom stereocenters. The van der Waals surface area contributed by atoms with Crippen LogP contribution >= 0.6 is 0 Å². The van der Waals surface area contributed by atoms with Crippen molar-refractivity contribution in [2.75, 3.05) is 19.9 Å². The lowest BCUT2D eigenvalue weighted by molar-refractivity contribution is -0.121. The lowest BCUT2D eigenvalue weighted by atomic mass is 9.84. The van der Waals surface area contributed by atoms with E-state index in [2.05, 4.69) is 5.32 Å². The molecule has 214 valence electrons. The van der Waals surface area contributed by atoms with Gasteiger partial charge in [-0.15, -0.1) is 0 Å². The van der Waals surface area contributed by atoms with E-state index in [0.29, 0.717) is 55.6 Å². The second kappa shape index (κ2) is 13.3. The number of aliphatic hydroxyl groups is 1. The number of fused-ring (bicyclic) bond motifs is 2. The van der Waals surface area contributed by atoms with Gasteiger partial charge in [-0.2, -0.15) is 0 Å². The summed E-state index contributed by atoms with van der Waals surface area (Å²) in [5, 5.41) is 34.5. The molecule has 2 atom stereocenters. The molecule has 40 heavy (non-hydrogen) atoms. The molecule has 0 aliphatic carbocycles. The van der Waals surface area contributed by atoms with Crippen LogP contribution in [0.4, 0.5) is 0 Å². The summed E-state index contributed by atoms with van der Waals surface area (Å²) in [6.45, 7) is 1.55. The van der Waals surface area contributed by atoms with E-state index in [0.717, 1.165) is 0 Å². The SMILES string of the molecule is C[C@H]1CCCC(=O)CCC/C=C/c2cc(O)c(C(CC(=O)NCCO)c3ccc4c(c3)OCO4)c(O)c2C(=O)O1. The summed E-state index contributed by atoms with van der Waals surface area (Å²) in [6.07, 6.45) is 5.85. The number of aliphatic hydroxyl groups excluding tert-OH is 1. The summed E-state index contributed by atoms with van der Waals surface area (Å²) in [4.78, 5) is 38.3. The zero-order valence-electron chi connectivity index (χ0n) is 22.5. The van der Waals surface area contributed by atoms with Crippen LogP contribution < -0.4 is 14.8 Å². The van der Waals surface area contributed by atoms with E-state index >= 15 is 0 Å². The van der Waals surface area contributed by atoms with Gasteiger partial charge in [0.1, 0.15) is 22.8 Å². The molecule has 1 amide bonds. The monoisotopic (exact) mass is 553 g/mol. The van der Waals surface area contributed by atoms with E-state index < -0.39 is 29.6 Å². The number of phenolic OH excluding ortho intramolecular Hbond substituents is 2. The Morgan fingerprint density at radius 3 is 2.67 bits per heavy atom. The lowest BCUT2D eigenvalue weighted by Gasteiger charge is -2.23.